The molecule has 0 unspecified atom stereocenters. The molecule has 0 atom stereocenters. The molecule has 2 aliphatic rings. The second kappa shape index (κ2) is 6.39. The zero-order chi connectivity index (χ0) is 11.3. The van der Waals surface area contributed by atoms with Crippen LogP contribution in [0.15, 0.2) is 0 Å². The van der Waals surface area contributed by atoms with Gasteiger partial charge in [0.15, 0.2) is 0 Å². The van der Waals surface area contributed by atoms with E-state index in [1.807, 2.05) is 0 Å². The number of hydrogen-bond acceptors (Lipinski definition) is 1. The topological polar surface area (TPSA) is 9.23 Å². The van der Waals surface area contributed by atoms with Crippen molar-refractivity contribution in [1.82, 2.24) is 0 Å². The van der Waals surface area contributed by atoms with Gasteiger partial charge in [-0.25, -0.2) is 0 Å². The summed E-state index contributed by atoms with van der Waals surface area (Å²) >= 11 is 3.67. The van der Waals surface area contributed by atoms with Crippen LogP contribution in [-0.4, -0.2) is 17.0 Å². The lowest BCUT2D eigenvalue weighted by Crippen LogP contribution is -2.36. The van der Waals surface area contributed by atoms with Crippen LogP contribution in [0.5, 0.6) is 0 Å². The predicted molar refractivity (Wildman–Crippen MR) is 72.2 cm³/mol. The van der Waals surface area contributed by atoms with E-state index >= 15 is 0 Å². The van der Waals surface area contributed by atoms with Crippen LogP contribution in [-0.2, 0) is 4.74 Å². The normalized spacial score (nSPS) is 27.6. The number of hydrogen-bond donors (Lipinski definition) is 0. The first-order chi connectivity index (χ1) is 7.85. The number of rotatable bonds is 3. The Morgan fingerprint density at radius 2 is 1.44 bits per heavy atom. The van der Waals surface area contributed by atoms with Crippen LogP contribution < -0.4 is 0 Å². The van der Waals surface area contributed by atoms with E-state index in [1.54, 1.807) is 0 Å². The maximum atomic E-state index is 6.48. The Hall–Kier alpha value is 0.440. The summed E-state index contributed by atoms with van der Waals surface area (Å²) in [5.74, 6) is 0. The highest BCUT2D eigenvalue weighted by molar-refractivity contribution is 9.09. The van der Waals surface area contributed by atoms with Gasteiger partial charge in [-0.2, -0.15) is 0 Å². The Kier molecular flexibility index (Phi) is 5.15. The van der Waals surface area contributed by atoms with Gasteiger partial charge in [0.2, 0.25) is 0 Å². The fourth-order valence-electron chi connectivity index (χ4n) is 3.19. The van der Waals surface area contributed by atoms with Crippen molar-refractivity contribution < 1.29 is 4.74 Å². The molecule has 0 aromatic heterocycles. The molecule has 16 heavy (non-hydrogen) atoms. The van der Waals surface area contributed by atoms with E-state index in [2.05, 4.69) is 15.9 Å². The van der Waals surface area contributed by atoms with Gasteiger partial charge in [-0.15, -0.1) is 0 Å². The average Bonchev–Trinajstić information content (AvgIpc) is 2.71. The first kappa shape index (κ1) is 12.9. The van der Waals surface area contributed by atoms with Crippen molar-refractivity contribution >= 4 is 15.9 Å². The molecule has 0 radical (unpaired) electrons. The third kappa shape index (κ3) is 3.46. The molecule has 0 bridgehead atoms. The second-order valence-electron chi connectivity index (χ2n) is 5.61. The second-order valence-corrected chi connectivity index (χ2v) is 6.17. The molecule has 2 heteroatoms. The molecule has 0 aromatic carbocycles. The summed E-state index contributed by atoms with van der Waals surface area (Å²) in [4.78, 5) is 0. The summed E-state index contributed by atoms with van der Waals surface area (Å²) in [6.07, 6.45) is 15.4. The Morgan fingerprint density at radius 1 is 0.875 bits per heavy atom. The van der Waals surface area contributed by atoms with Crippen molar-refractivity contribution in [2.75, 3.05) is 5.33 Å². The Balaban J connectivity index is 1.85. The van der Waals surface area contributed by atoms with E-state index in [0.29, 0.717) is 6.10 Å². The van der Waals surface area contributed by atoms with E-state index in [9.17, 15) is 0 Å². The van der Waals surface area contributed by atoms with E-state index in [-0.39, 0.29) is 5.60 Å². The fourth-order valence-corrected chi connectivity index (χ4v) is 3.89. The fraction of sp³-hybridized carbons (Fsp3) is 1.00. The minimum Gasteiger partial charge on any atom is -0.371 e. The molecule has 2 rings (SSSR count). The average molecular weight is 289 g/mol. The van der Waals surface area contributed by atoms with Gasteiger partial charge < -0.3 is 4.74 Å². The van der Waals surface area contributed by atoms with Crippen molar-refractivity contribution in [2.24, 2.45) is 0 Å². The van der Waals surface area contributed by atoms with Crippen molar-refractivity contribution in [3.63, 3.8) is 0 Å². The van der Waals surface area contributed by atoms with Crippen LogP contribution >= 0.6 is 15.9 Å². The van der Waals surface area contributed by atoms with Crippen molar-refractivity contribution in [2.45, 2.75) is 82.3 Å². The van der Waals surface area contributed by atoms with Crippen LogP contribution in [0.3, 0.4) is 0 Å². The van der Waals surface area contributed by atoms with Gasteiger partial charge in [0, 0.05) is 5.33 Å². The summed E-state index contributed by atoms with van der Waals surface area (Å²) in [6.45, 7) is 0. The van der Waals surface area contributed by atoms with Crippen LogP contribution in [0.4, 0.5) is 0 Å². The molecule has 2 aliphatic carbocycles. The third-order valence-corrected chi connectivity index (χ3v) is 5.25. The van der Waals surface area contributed by atoms with Crippen LogP contribution in [0.2, 0.25) is 0 Å². The monoisotopic (exact) mass is 288 g/mol. The summed E-state index contributed by atoms with van der Waals surface area (Å²) in [5, 5.41) is 1.04. The molecule has 0 aliphatic heterocycles. The highest BCUT2D eigenvalue weighted by Gasteiger charge is 2.35. The summed E-state index contributed by atoms with van der Waals surface area (Å²) in [7, 11) is 0. The van der Waals surface area contributed by atoms with Crippen molar-refractivity contribution in [1.29, 1.82) is 0 Å². The van der Waals surface area contributed by atoms with Gasteiger partial charge in [0.25, 0.3) is 0 Å². The first-order valence-electron chi connectivity index (χ1n) is 7.08. The number of alkyl halides is 1. The molecule has 94 valence electrons. The molecule has 2 fully saturated rings. The summed E-state index contributed by atoms with van der Waals surface area (Å²) < 4.78 is 6.48. The van der Waals surface area contributed by atoms with E-state index < -0.39 is 0 Å². The highest BCUT2D eigenvalue weighted by Crippen LogP contribution is 2.37. The van der Waals surface area contributed by atoms with Gasteiger partial charge in [-0.05, 0) is 25.7 Å². The Morgan fingerprint density at radius 3 is 2.00 bits per heavy atom. The smallest absolute Gasteiger partial charge is 0.0782 e. The molecule has 1 nitrogen and oxygen atoms in total. The molecule has 0 aromatic rings. The zero-order valence-corrected chi connectivity index (χ0v) is 11.9. The van der Waals surface area contributed by atoms with E-state index in [1.165, 1.54) is 70.6 Å². The van der Waals surface area contributed by atoms with Gasteiger partial charge in [-0.1, -0.05) is 60.9 Å². The Labute approximate surface area is 108 Å². The molecule has 0 heterocycles. The van der Waals surface area contributed by atoms with Crippen LogP contribution in [0.25, 0.3) is 0 Å². The van der Waals surface area contributed by atoms with Crippen molar-refractivity contribution in [3.8, 4) is 0 Å². The minimum atomic E-state index is 0.198. The maximum absolute atomic E-state index is 6.48. The van der Waals surface area contributed by atoms with Gasteiger partial charge >= 0.3 is 0 Å². The molecule has 2 saturated carbocycles. The molecule has 0 saturated heterocycles. The third-order valence-electron chi connectivity index (χ3n) is 4.23. The number of ether oxygens (including phenoxy) is 1. The largest absolute Gasteiger partial charge is 0.371 e. The quantitative estimate of drug-likeness (QED) is 0.677. The molecular formula is C14H25BrO. The summed E-state index contributed by atoms with van der Waals surface area (Å²) in [6, 6.07) is 0. The van der Waals surface area contributed by atoms with Gasteiger partial charge in [0.05, 0.1) is 11.7 Å². The lowest BCUT2D eigenvalue weighted by Gasteiger charge is -2.33. The molecular weight excluding hydrogens is 264 g/mol. The van der Waals surface area contributed by atoms with E-state index in [0.717, 1.165) is 5.33 Å². The number of halogens is 1. The van der Waals surface area contributed by atoms with Gasteiger partial charge in [0.1, 0.15) is 0 Å². The molecule has 0 amide bonds. The lowest BCUT2D eigenvalue weighted by atomic mass is 9.97. The van der Waals surface area contributed by atoms with Crippen molar-refractivity contribution in [3.05, 3.63) is 0 Å². The maximum Gasteiger partial charge on any atom is 0.0782 e. The first-order valence-corrected chi connectivity index (χ1v) is 8.21. The van der Waals surface area contributed by atoms with E-state index in [4.69, 9.17) is 4.74 Å². The Bertz CT molecular complexity index is 191. The SMILES string of the molecule is BrCC1(OC2CCCCCCC2)CCCC1. The zero-order valence-electron chi connectivity index (χ0n) is 10.3. The molecule has 0 N–H and O–H groups in total. The lowest BCUT2D eigenvalue weighted by molar-refractivity contribution is -0.0830. The van der Waals surface area contributed by atoms with Crippen LogP contribution in [0.1, 0.15) is 70.6 Å². The van der Waals surface area contributed by atoms with Crippen LogP contribution in [0, 0.1) is 0 Å². The summed E-state index contributed by atoms with van der Waals surface area (Å²) in [5.41, 5.74) is 0.198. The minimum absolute atomic E-state index is 0.198. The highest BCUT2D eigenvalue weighted by atomic mass is 79.9. The predicted octanol–water partition coefficient (Wildman–Crippen LogP) is 4.82. The standard InChI is InChI=1S/C14H25BrO/c15-12-14(10-6-7-11-14)16-13-8-4-2-1-3-5-9-13/h13H,1-12H2. The molecule has 0 spiro atoms. The van der Waals surface area contributed by atoms with Gasteiger partial charge in [-0.3, -0.25) is 0 Å².